The monoisotopic (exact) mass is 306 g/mol. The molecule has 5 nitrogen and oxygen atoms in total. The van der Waals surface area contributed by atoms with Gasteiger partial charge >= 0.3 is 0 Å². The molecule has 1 aromatic rings. The minimum Gasteiger partial charge on any atom is -0.494 e. The number of nitrogens with zero attached hydrogens (tertiary/aromatic N) is 2. The van der Waals surface area contributed by atoms with Crippen molar-refractivity contribution in [3.05, 3.63) is 24.3 Å². The van der Waals surface area contributed by atoms with Crippen molar-refractivity contribution in [3.63, 3.8) is 0 Å². The summed E-state index contributed by atoms with van der Waals surface area (Å²) in [6, 6.07) is 7.75. The summed E-state index contributed by atoms with van der Waals surface area (Å²) in [6.07, 6.45) is 1.69. The highest BCUT2D eigenvalue weighted by Crippen LogP contribution is 2.25. The number of ether oxygens (including phenoxy) is 1. The third kappa shape index (κ3) is 3.99. The van der Waals surface area contributed by atoms with E-state index in [-0.39, 0.29) is 11.8 Å². The molecule has 2 rings (SSSR count). The van der Waals surface area contributed by atoms with Crippen LogP contribution in [0.15, 0.2) is 24.3 Å². The molecule has 0 saturated carbocycles. The molecule has 1 fully saturated rings. The van der Waals surface area contributed by atoms with Gasteiger partial charge in [-0.3, -0.25) is 4.79 Å². The van der Waals surface area contributed by atoms with Crippen LogP contribution in [0.2, 0.25) is 0 Å². The molecule has 0 spiro atoms. The van der Waals surface area contributed by atoms with Crippen LogP contribution in [0, 0.1) is 5.92 Å². The Bertz CT molecular complexity index is 467. The topological polar surface area (TPSA) is 42.0 Å². The SMILES string of the molecule is CCOc1ccc(N(CC)C(=O)C2CCN(OC)CC2)cc1. The van der Waals surface area contributed by atoms with E-state index in [9.17, 15) is 4.79 Å². The molecule has 0 aliphatic carbocycles. The van der Waals surface area contributed by atoms with Gasteiger partial charge in [0.1, 0.15) is 5.75 Å². The highest BCUT2D eigenvalue weighted by atomic mass is 16.7. The maximum Gasteiger partial charge on any atom is 0.230 e. The number of amides is 1. The van der Waals surface area contributed by atoms with E-state index < -0.39 is 0 Å². The smallest absolute Gasteiger partial charge is 0.230 e. The van der Waals surface area contributed by atoms with Gasteiger partial charge in [0.2, 0.25) is 5.91 Å². The summed E-state index contributed by atoms with van der Waals surface area (Å²) in [4.78, 5) is 19.9. The molecule has 1 saturated heterocycles. The van der Waals surface area contributed by atoms with Gasteiger partial charge in [0, 0.05) is 31.2 Å². The highest BCUT2D eigenvalue weighted by molar-refractivity contribution is 5.95. The van der Waals surface area contributed by atoms with Crippen molar-refractivity contribution in [2.24, 2.45) is 5.92 Å². The number of benzene rings is 1. The lowest BCUT2D eigenvalue weighted by Gasteiger charge is -2.32. The molecule has 0 bridgehead atoms. The van der Waals surface area contributed by atoms with E-state index in [0.29, 0.717) is 13.2 Å². The lowest BCUT2D eigenvalue weighted by atomic mass is 9.96. The second kappa shape index (κ2) is 8.15. The molecule has 0 atom stereocenters. The van der Waals surface area contributed by atoms with E-state index in [1.54, 1.807) is 7.11 Å². The van der Waals surface area contributed by atoms with Gasteiger partial charge in [-0.05, 0) is 51.0 Å². The number of rotatable bonds is 6. The third-order valence-corrected chi connectivity index (χ3v) is 4.10. The van der Waals surface area contributed by atoms with Crippen molar-refractivity contribution >= 4 is 11.6 Å². The first-order valence-corrected chi connectivity index (χ1v) is 8.02. The first kappa shape index (κ1) is 16.8. The Morgan fingerprint density at radius 3 is 2.36 bits per heavy atom. The molecule has 5 heteroatoms. The van der Waals surface area contributed by atoms with Crippen LogP contribution in [0.4, 0.5) is 5.69 Å². The van der Waals surface area contributed by atoms with E-state index in [1.165, 1.54) is 0 Å². The molecule has 1 aliphatic heterocycles. The Morgan fingerprint density at radius 2 is 1.86 bits per heavy atom. The molecular formula is C17H26N2O3. The van der Waals surface area contributed by atoms with Crippen LogP contribution in [-0.2, 0) is 9.63 Å². The van der Waals surface area contributed by atoms with Crippen molar-refractivity contribution < 1.29 is 14.4 Å². The van der Waals surface area contributed by atoms with Crippen molar-refractivity contribution in [2.75, 3.05) is 38.3 Å². The number of anilines is 1. The van der Waals surface area contributed by atoms with Gasteiger partial charge in [0.15, 0.2) is 0 Å². The quantitative estimate of drug-likeness (QED) is 0.810. The first-order chi connectivity index (χ1) is 10.7. The van der Waals surface area contributed by atoms with Crippen LogP contribution in [0.25, 0.3) is 0 Å². The van der Waals surface area contributed by atoms with Gasteiger partial charge in [0.05, 0.1) is 13.7 Å². The van der Waals surface area contributed by atoms with Crippen LogP contribution in [0.1, 0.15) is 26.7 Å². The lowest BCUT2D eigenvalue weighted by molar-refractivity contribution is -0.153. The second-order valence-corrected chi connectivity index (χ2v) is 5.40. The molecule has 0 N–H and O–H groups in total. The van der Waals surface area contributed by atoms with E-state index in [1.807, 2.05) is 48.1 Å². The molecule has 0 unspecified atom stereocenters. The molecule has 0 aromatic heterocycles. The lowest BCUT2D eigenvalue weighted by Crippen LogP contribution is -2.42. The average molecular weight is 306 g/mol. The number of hydrogen-bond acceptors (Lipinski definition) is 4. The maximum atomic E-state index is 12.8. The Kier molecular flexibility index (Phi) is 6.21. The summed E-state index contributed by atoms with van der Waals surface area (Å²) < 4.78 is 5.45. The van der Waals surface area contributed by atoms with Gasteiger partial charge < -0.3 is 14.5 Å². The number of piperidine rings is 1. The Hall–Kier alpha value is -1.59. The van der Waals surface area contributed by atoms with Crippen molar-refractivity contribution in [1.29, 1.82) is 0 Å². The Morgan fingerprint density at radius 1 is 1.23 bits per heavy atom. The maximum absolute atomic E-state index is 12.8. The molecular weight excluding hydrogens is 280 g/mol. The van der Waals surface area contributed by atoms with E-state index >= 15 is 0 Å². The van der Waals surface area contributed by atoms with Crippen molar-refractivity contribution in [1.82, 2.24) is 5.06 Å². The minimum absolute atomic E-state index is 0.0814. The predicted molar refractivity (Wildman–Crippen MR) is 86.9 cm³/mol. The summed E-state index contributed by atoms with van der Waals surface area (Å²) in [5.74, 6) is 1.13. The van der Waals surface area contributed by atoms with Crippen LogP contribution >= 0.6 is 0 Å². The number of hydrogen-bond donors (Lipinski definition) is 0. The molecule has 1 aromatic carbocycles. The molecule has 1 amide bonds. The van der Waals surface area contributed by atoms with Gasteiger partial charge in [-0.25, -0.2) is 0 Å². The number of carbonyl (C=O) groups is 1. The number of hydroxylamine groups is 2. The number of carbonyl (C=O) groups excluding carboxylic acids is 1. The van der Waals surface area contributed by atoms with Gasteiger partial charge in [-0.1, -0.05) is 0 Å². The van der Waals surface area contributed by atoms with E-state index in [4.69, 9.17) is 9.57 Å². The molecule has 22 heavy (non-hydrogen) atoms. The fourth-order valence-corrected chi connectivity index (χ4v) is 2.86. The molecule has 0 radical (unpaired) electrons. The summed E-state index contributed by atoms with van der Waals surface area (Å²) in [6.45, 7) is 6.92. The molecule has 122 valence electrons. The molecule has 1 heterocycles. The summed E-state index contributed by atoms with van der Waals surface area (Å²) in [7, 11) is 1.68. The molecule has 1 aliphatic rings. The normalized spacial score (nSPS) is 16.5. The minimum atomic E-state index is 0.0814. The Balaban J connectivity index is 2.02. The zero-order chi connectivity index (χ0) is 15.9. The Labute approximate surface area is 132 Å². The first-order valence-electron chi connectivity index (χ1n) is 8.02. The van der Waals surface area contributed by atoms with E-state index in [2.05, 4.69) is 0 Å². The van der Waals surface area contributed by atoms with Gasteiger partial charge in [-0.2, -0.15) is 5.06 Å². The fraction of sp³-hybridized carbons (Fsp3) is 0.588. The third-order valence-electron chi connectivity index (χ3n) is 4.10. The average Bonchev–Trinajstić information content (AvgIpc) is 2.57. The van der Waals surface area contributed by atoms with Crippen molar-refractivity contribution in [2.45, 2.75) is 26.7 Å². The van der Waals surface area contributed by atoms with Crippen LogP contribution < -0.4 is 9.64 Å². The van der Waals surface area contributed by atoms with Gasteiger partial charge in [0.25, 0.3) is 0 Å². The van der Waals surface area contributed by atoms with Crippen LogP contribution in [0.3, 0.4) is 0 Å². The summed E-state index contributed by atoms with van der Waals surface area (Å²) in [5.41, 5.74) is 0.935. The summed E-state index contributed by atoms with van der Waals surface area (Å²) in [5, 5.41) is 1.91. The van der Waals surface area contributed by atoms with Crippen LogP contribution in [0.5, 0.6) is 5.75 Å². The van der Waals surface area contributed by atoms with Crippen LogP contribution in [-0.4, -0.2) is 44.3 Å². The summed E-state index contributed by atoms with van der Waals surface area (Å²) >= 11 is 0. The zero-order valence-corrected chi connectivity index (χ0v) is 13.7. The fourth-order valence-electron chi connectivity index (χ4n) is 2.86. The largest absolute Gasteiger partial charge is 0.494 e. The van der Waals surface area contributed by atoms with Gasteiger partial charge in [-0.15, -0.1) is 0 Å². The van der Waals surface area contributed by atoms with Crippen molar-refractivity contribution in [3.8, 4) is 5.75 Å². The zero-order valence-electron chi connectivity index (χ0n) is 13.7. The second-order valence-electron chi connectivity index (χ2n) is 5.40. The van der Waals surface area contributed by atoms with E-state index in [0.717, 1.165) is 37.4 Å². The standard InChI is InChI=1S/C17H26N2O3/c1-4-19(15-6-8-16(9-7-15)22-5-2)17(20)14-10-12-18(21-3)13-11-14/h6-9,14H,4-5,10-13H2,1-3H3. The predicted octanol–water partition coefficient (Wildman–Crippen LogP) is 2.71. The highest BCUT2D eigenvalue weighted by Gasteiger charge is 2.28.